The summed E-state index contributed by atoms with van der Waals surface area (Å²) in [6, 6.07) is 2.25. The molecule has 1 saturated carbocycles. The van der Waals surface area contributed by atoms with Crippen LogP contribution in [0.4, 0.5) is 0 Å². The number of halogens is 1. The highest BCUT2D eigenvalue weighted by Crippen LogP contribution is 2.38. The molecule has 3 fully saturated rings. The molecule has 0 aromatic rings. The van der Waals surface area contributed by atoms with Crippen molar-refractivity contribution in [3.8, 4) is 6.07 Å². The summed E-state index contributed by atoms with van der Waals surface area (Å²) in [5.74, 6) is 0.771. The Balaban J connectivity index is 0.00000208. The smallest absolute Gasteiger partial charge is 0.248 e. The molecule has 2 heterocycles. The Labute approximate surface area is 148 Å². The molecular weight excluding hydrogens is 332 g/mol. The zero-order valence-corrected chi connectivity index (χ0v) is 14.5. The topological polar surface area (TPSA) is 96.7 Å². The van der Waals surface area contributed by atoms with Crippen molar-refractivity contribution in [3.63, 3.8) is 0 Å². The Morgan fingerprint density at radius 2 is 1.88 bits per heavy atom. The van der Waals surface area contributed by atoms with E-state index in [9.17, 15) is 9.59 Å². The van der Waals surface area contributed by atoms with Crippen LogP contribution in [0.2, 0.25) is 0 Å². The molecule has 2 aliphatic heterocycles. The third kappa shape index (κ3) is 3.82. The lowest BCUT2D eigenvalue weighted by molar-refractivity contribution is -0.133. The van der Waals surface area contributed by atoms with E-state index >= 15 is 0 Å². The normalized spacial score (nSPS) is 31.5. The highest BCUT2D eigenvalue weighted by molar-refractivity contribution is 5.85. The van der Waals surface area contributed by atoms with Crippen molar-refractivity contribution in [2.45, 2.75) is 37.8 Å². The number of hydrogen-bond acceptors (Lipinski definition) is 5. The van der Waals surface area contributed by atoms with Crippen molar-refractivity contribution < 1.29 is 14.7 Å². The fourth-order valence-corrected chi connectivity index (χ4v) is 4.30. The summed E-state index contributed by atoms with van der Waals surface area (Å²) in [6.07, 6.45) is 3.63. The van der Waals surface area contributed by atoms with Crippen LogP contribution in [0, 0.1) is 23.2 Å². The van der Waals surface area contributed by atoms with Crippen molar-refractivity contribution in [1.29, 1.82) is 5.26 Å². The van der Waals surface area contributed by atoms with Gasteiger partial charge < -0.3 is 20.2 Å². The van der Waals surface area contributed by atoms with Gasteiger partial charge in [0.1, 0.15) is 12.6 Å². The number of amides is 2. The second kappa shape index (κ2) is 8.15. The van der Waals surface area contributed by atoms with Crippen molar-refractivity contribution >= 4 is 24.2 Å². The summed E-state index contributed by atoms with van der Waals surface area (Å²) in [6.45, 7) is 2.01. The molecule has 1 aliphatic carbocycles. The van der Waals surface area contributed by atoms with Crippen LogP contribution >= 0.6 is 12.4 Å². The van der Waals surface area contributed by atoms with Crippen molar-refractivity contribution in [3.05, 3.63) is 0 Å². The maximum absolute atomic E-state index is 12.2. The largest absolute Gasteiger partial charge is 0.387 e. The van der Waals surface area contributed by atoms with Crippen LogP contribution in [0.1, 0.15) is 25.7 Å². The zero-order valence-electron chi connectivity index (χ0n) is 13.7. The first-order valence-electron chi connectivity index (χ1n) is 8.43. The molecule has 7 nitrogen and oxygen atoms in total. The SMILES string of the molecule is Cl.N#CC1CCCN1C(=O)CNC1CC2CN(C(=O)CO)CC2C1. The van der Waals surface area contributed by atoms with Gasteiger partial charge in [0.05, 0.1) is 12.6 Å². The predicted octanol–water partition coefficient (Wildman–Crippen LogP) is -0.258. The number of nitrogens with one attached hydrogen (secondary N) is 1. The van der Waals surface area contributed by atoms with Crippen molar-refractivity contribution in [2.75, 3.05) is 32.8 Å². The molecule has 2 amide bonds. The second-order valence-electron chi connectivity index (χ2n) is 6.90. The van der Waals surface area contributed by atoms with E-state index in [1.165, 1.54) is 0 Å². The lowest BCUT2D eigenvalue weighted by Crippen LogP contribution is -2.43. The maximum atomic E-state index is 12.2. The van der Waals surface area contributed by atoms with E-state index in [1.54, 1.807) is 9.80 Å². The van der Waals surface area contributed by atoms with Gasteiger partial charge in [-0.2, -0.15) is 5.26 Å². The van der Waals surface area contributed by atoms with E-state index in [2.05, 4.69) is 11.4 Å². The Hall–Kier alpha value is -1.36. The summed E-state index contributed by atoms with van der Waals surface area (Å²) < 4.78 is 0. The maximum Gasteiger partial charge on any atom is 0.248 e. The molecule has 0 aromatic heterocycles. The Morgan fingerprint density at radius 3 is 2.46 bits per heavy atom. The molecule has 8 heteroatoms. The summed E-state index contributed by atoms with van der Waals surface area (Å²) in [5, 5.41) is 21.3. The molecule has 134 valence electrons. The molecule has 24 heavy (non-hydrogen) atoms. The van der Waals surface area contributed by atoms with Crippen molar-refractivity contribution in [2.24, 2.45) is 11.8 Å². The van der Waals surface area contributed by atoms with Crippen molar-refractivity contribution in [1.82, 2.24) is 15.1 Å². The first kappa shape index (κ1) is 19.0. The van der Waals surface area contributed by atoms with Gasteiger partial charge in [-0.15, -0.1) is 12.4 Å². The third-order valence-corrected chi connectivity index (χ3v) is 5.50. The van der Waals surface area contributed by atoms with E-state index in [4.69, 9.17) is 10.4 Å². The molecule has 3 atom stereocenters. The van der Waals surface area contributed by atoms with Gasteiger partial charge in [-0.1, -0.05) is 0 Å². The monoisotopic (exact) mass is 356 g/mol. The molecular formula is C16H25ClN4O3. The molecule has 3 aliphatic rings. The van der Waals surface area contributed by atoms with Gasteiger partial charge in [0.25, 0.3) is 0 Å². The van der Waals surface area contributed by atoms with Crippen LogP contribution in [-0.4, -0.2) is 71.6 Å². The van der Waals surface area contributed by atoms with Gasteiger partial charge in [-0.3, -0.25) is 9.59 Å². The summed E-state index contributed by atoms with van der Waals surface area (Å²) in [5.41, 5.74) is 0. The van der Waals surface area contributed by atoms with E-state index < -0.39 is 6.61 Å². The fraction of sp³-hybridized carbons (Fsp3) is 0.812. The van der Waals surface area contributed by atoms with Gasteiger partial charge in [0, 0.05) is 25.7 Å². The summed E-state index contributed by atoms with van der Waals surface area (Å²) in [4.78, 5) is 27.2. The predicted molar refractivity (Wildman–Crippen MR) is 89.3 cm³/mol. The molecule has 0 spiro atoms. The van der Waals surface area contributed by atoms with Crippen LogP contribution in [0.3, 0.4) is 0 Å². The number of likely N-dealkylation sites (tertiary alicyclic amines) is 2. The van der Waals surface area contributed by atoms with E-state index in [1.807, 2.05) is 0 Å². The van der Waals surface area contributed by atoms with Crippen LogP contribution in [0.25, 0.3) is 0 Å². The minimum Gasteiger partial charge on any atom is -0.387 e. The molecule has 2 N–H and O–H groups in total. The van der Waals surface area contributed by atoms with Crippen LogP contribution < -0.4 is 5.32 Å². The lowest BCUT2D eigenvalue weighted by atomic mass is 10.0. The van der Waals surface area contributed by atoms with Crippen LogP contribution in [0.15, 0.2) is 0 Å². The Bertz CT molecular complexity index is 510. The van der Waals surface area contributed by atoms with E-state index in [0.717, 1.165) is 38.8 Å². The first-order chi connectivity index (χ1) is 11.1. The highest BCUT2D eigenvalue weighted by Gasteiger charge is 2.42. The Kier molecular flexibility index (Phi) is 6.44. The van der Waals surface area contributed by atoms with Gasteiger partial charge in [-0.25, -0.2) is 0 Å². The molecule has 3 rings (SSSR count). The summed E-state index contributed by atoms with van der Waals surface area (Å²) >= 11 is 0. The molecule has 0 radical (unpaired) electrons. The number of rotatable bonds is 4. The van der Waals surface area contributed by atoms with E-state index in [-0.39, 0.29) is 30.3 Å². The number of nitriles is 1. The standard InChI is InChI=1S/C16H24N4O3.ClH/c17-6-14-2-1-3-20(14)15(22)7-18-13-4-11-8-19(16(23)10-21)9-12(11)5-13;/h11-14,18,21H,1-5,7-10H2;1H. The number of aliphatic hydroxyl groups is 1. The van der Waals surface area contributed by atoms with Gasteiger partial charge in [0.2, 0.25) is 11.8 Å². The van der Waals surface area contributed by atoms with Crippen LogP contribution in [0.5, 0.6) is 0 Å². The zero-order chi connectivity index (χ0) is 16.4. The number of nitrogens with zero attached hydrogens (tertiary/aromatic N) is 3. The number of carbonyl (C=O) groups is 2. The average Bonchev–Trinajstić information content (AvgIpc) is 3.24. The summed E-state index contributed by atoms with van der Waals surface area (Å²) in [7, 11) is 0. The number of aliphatic hydroxyl groups excluding tert-OH is 1. The average molecular weight is 357 g/mol. The first-order valence-corrected chi connectivity index (χ1v) is 8.43. The molecule has 0 bridgehead atoms. The Morgan fingerprint density at radius 1 is 1.21 bits per heavy atom. The fourth-order valence-electron chi connectivity index (χ4n) is 4.30. The molecule has 2 saturated heterocycles. The molecule has 3 unspecified atom stereocenters. The second-order valence-corrected chi connectivity index (χ2v) is 6.90. The van der Waals surface area contributed by atoms with Crippen LogP contribution in [-0.2, 0) is 9.59 Å². The van der Waals surface area contributed by atoms with Gasteiger partial charge in [0.15, 0.2) is 0 Å². The molecule has 0 aromatic carbocycles. The van der Waals surface area contributed by atoms with Gasteiger partial charge in [-0.05, 0) is 37.5 Å². The lowest BCUT2D eigenvalue weighted by Gasteiger charge is -2.22. The third-order valence-electron chi connectivity index (χ3n) is 5.50. The van der Waals surface area contributed by atoms with Gasteiger partial charge >= 0.3 is 0 Å². The quantitative estimate of drug-likeness (QED) is 0.723. The van der Waals surface area contributed by atoms with E-state index in [0.29, 0.717) is 31.0 Å². The highest BCUT2D eigenvalue weighted by atomic mass is 35.5. The number of carbonyl (C=O) groups excluding carboxylic acids is 2. The minimum atomic E-state index is -0.411. The number of fused-ring (bicyclic) bond motifs is 1. The number of hydrogen-bond donors (Lipinski definition) is 2. The minimum absolute atomic E-state index is 0.